The van der Waals surface area contributed by atoms with E-state index in [1.54, 1.807) is 51.1 Å². The van der Waals surface area contributed by atoms with Crippen LogP contribution in [0.1, 0.15) is 42.4 Å². The third-order valence-corrected chi connectivity index (χ3v) is 5.06. The number of anilines is 2. The average Bonchev–Trinajstić information content (AvgIpc) is 3.35. The van der Waals surface area contributed by atoms with Gasteiger partial charge in [-0.2, -0.15) is 4.68 Å². The van der Waals surface area contributed by atoms with E-state index in [1.165, 1.54) is 38.7 Å². The van der Waals surface area contributed by atoms with Gasteiger partial charge in [0.2, 0.25) is 6.41 Å². The summed E-state index contributed by atoms with van der Waals surface area (Å²) in [5.41, 5.74) is 1.12. The molecular weight excluding hydrogens is 427 g/mol. The van der Waals surface area contributed by atoms with Crippen molar-refractivity contribution in [2.75, 3.05) is 4.90 Å². The van der Waals surface area contributed by atoms with Gasteiger partial charge in [0.25, 0.3) is 5.91 Å². The maximum Gasteiger partial charge on any atom is 0.410 e. The minimum atomic E-state index is -0.691. The van der Waals surface area contributed by atoms with Crippen molar-refractivity contribution in [2.45, 2.75) is 39.5 Å². The van der Waals surface area contributed by atoms with Gasteiger partial charge in [-0.25, -0.2) is 9.18 Å². The Hall–Kier alpha value is -4.01. The second-order valence-electron chi connectivity index (χ2n) is 8.62. The van der Waals surface area contributed by atoms with E-state index in [1.807, 2.05) is 0 Å². The molecule has 3 aromatic rings. The molecule has 170 valence electrons. The van der Waals surface area contributed by atoms with Gasteiger partial charge >= 0.3 is 6.09 Å². The highest BCUT2D eigenvalue weighted by Crippen LogP contribution is 2.35. The molecule has 0 atom stereocenters. The van der Waals surface area contributed by atoms with Crippen LogP contribution in [-0.2, 0) is 22.6 Å². The maximum atomic E-state index is 13.4. The summed E-state index contributed by atoms with van der Waals surface area (Å²) in [6.07, 6.45) is 0.00588. The lowest BCUT2D eigenvalue weighted by molar-refractivity contribution is -0.106. The molecule has 33 heavy (non-hydrogen) atoms. The summed E-state index contributed by atoms with van der Waals surface area (Å²) in [5, 5.41) is 4.44. The zero-order valence-corrected chi connectivity index (χ0v) is 18.5. The van der Waals surface area contributed by atoms with Crippen LogP contribution < -0.4 is 4.90 Å². The molecule has 1 aliphatic rings. The Morgan fingerprint density at radius 2 is 1.73 bits per heavy atom. The molecule has 9 heteroatoms. The van der Waals surface area contributed by atoms with Gasteiger partial charge in [-0.05, 0) is 57.2 Å². The van der Waals surface area contributed by atoms with Crippen LogP contribution in [0.25, 0.3) is 0 Å². The third kappa shape index (κ3) is 4.48. The molecule has 2 heterocycles. The molecule has 1 aliphatic heterocycles. The minimum absolute atomic E-state index is 0.0892. The molecule has 0 bridgehead atoms. The molecule has 0 saturated carbocycles. The number of halogens is 1. The summed E-state index contributed by atoms with van der Waals surface area (Å²) in [6, 6.07) is 13.9. The molecule has 8 nitrogen and oxygen atoms in total. The third-order valence-electron chi connectivity index (χ3n) is 5.06. The molecule has 1 aromatic heterocycles. The Labute approximate surface area is 190 Å². The molecular formula is C24H23FN4O4. The molecule has 0 radical (unpaired) electrons. The Balaban J connectivity index is 1.77. The van der Waals surface area contributed by atoms with Crippen molar-refractivity contribution in [3.05, 3.63) is 77.2 Å². The first-order chi connectivity index (χ1) is 15.7. The highest BCUT2D eigenvalue weighted by molar-refractivity contribution is 5.97. The Kier molecular flexibility index (Phi) is 5.71. The molecule has 0 aliphatic carbocycles. The topological polar surface area (TPSA) is 84.7 Å². The zero-order chi connectivity index (χ0) is 23.8. The predicted molar refractivity (Wildman–Crippen MR) is 118 cm³/mol. The molecule has 2 aromatic carbocycles. The van der Waals surface area contributed by atoms with E-state index in [2.05, 4.69) is 5.10 Å². The number of fused-ring (bicyclic) bond motifs is 1. The summed E-state index contributed by atoms with van der Waals surface area (Å²) in [5.74, 6) is -0.647. The number of nitrogens with zero attached hydrogens (tertiary/aromatic N) is 4. The van der Waals surface area contributed by atoms with Crippen molar-refractivity contribution in [3.8, 4) is 0 Å². The quantitative estimate of drug-likeness (QED) is 0.555. The highest BCUT2D eigenvalue weighted by Gasteiger charge is 2.36. The van der Waals surface area contributed by atoms with Crippen LogP contribution in [-0.4, -0.2) is 38.7 Å². The monoisotopic (exact) mass is 450 g/mol. The van der Waals surface area contributed by atoms with Gasteiger partial charge in [-0.15, -0.1) is 5.10 Å². The van der Waals surface area contributed by atoms with E-state index in [4.69, 9.17) is 4.74 Å². The number of carbonyl (C=O) groups is 3. The number of amides is 2. The molecule has 0 fully saturated rings. The fourth-order valence-corrected chi connectivity index (χ4v) is 3.58. The normalized spacial score (nSPS) is 12.9. The van der Waals surface area contributed by atoms with Crippen molar-refractivity contribution in [2.24, 2.45) is 0 Å². The number of hydrogen-bond acceptors (Lipinski definition) is 5. The first kappa shape index (κ1) is 22.2. The first-order valence-corrected chi connectivity index (χ1v) is 10.4. The maximum absolute atomic E-state index is 13.4. The molecule has 0 spiro atoms. The van der Waals surface area contributed by atoms with Crippen LogP contribution in [0, 0.1) is 5.82 Å². The second kappa shape index (κ2) is 8.50. The van der Waals surface area contributed by atoms with E-state index in [9.17, 15) is 18.8 Å². The van der Waals surface area contributed by atoms with Gasteiger partial charge in [-0.3, -0.25) is 19.4 Å². The Bertz CT molecular complexity index is 1200. The van der Waals surface area contributed by atoms with Crippen LogP contribution >= 0.6 is 0 Å². The highest BCUT2D eigenvalue weighted by atomic mass is 19.1. The fourth-order valence-electron chi connectivity index (χ4n) is 3.58. The van der Waals surface area contributed by atoms with E-state index in [-0.39, 0.29) is 18.9 Å². The van der Waals surface area contributed by atoms with E-state index < -0.39 is 23.4 Å². The van der Waals surface area contributed by atoms with Crippen LogP contribution in [0.5, 0.6) is 0 Å². The average molecular weight is 450 g/mol. The molecule has 0 unspecified atom stereocenters. The summed E-state index contributed by atoms with van der Waals surface area (Å²) in [6.45, 7) is 5.49. The lowest BCUT2D eigenvalue weighted by Gasteiger charge is -2.24. The Morgan fingerprint density at radius 1 is 1.06 bits per heavy atom. The van der Waals surface area contributed by atoms with E-state index >= 15 is 0 Å². The lowest BCUT2D eigenvalue weighted by Crippen LogP contribution is -2.34. The van der Waals surface area contributed by atoms with Gasteiger partial charge in [0, 0.05) is 11.1 Å². The number of ether oxygens (including phenoxy) is 1. The van der Waals surface area contributed by atoms with Gasteiger partial charge in [0.05, 0.1) is 24.5 Å². The molecule has 0 saturated heterocycles. The van der Waals surface area contributed by atoms with Crippen molar-refractivity contribution >= 4 is 29.9 Å². The number of rotatable bonds is 4. The number of aromatic nitrogens is 2. The van der Waals surface area contributed by atoms with Gasteiger partial charge in [0.15, 0.2) is 5.82 Å². The van der Waals surface area contributed by atoms with Crippen LogP contribution in [0.4, 0.5) is 20.7 Å². The molecule has 2 amide bonds. The largest absolute Gasteiger partial charge is 0.444 e. The summed E-state index contributed by atoms with van der Waals surface area (Å²) in [4.78, 5) is 40.6. The lowest BCUT2D eigenvalue weighted by atomic mass is 10.2. The number of hydrogen-bond donors (Lipinski definition) is 0. The SMILES string of the molecule is CC(C)(C)OC(=O)N1Cc2c(N(C=O)c3ccc(F)cc3)nn(C(=O)c3ccccc3)c2C1. The number of benzene rings is 2. The van der Waals surface area contributed by atoms with Crippen LogP contribution in [0.3, 0.4) is 0 Å². The van der Waals surface area contributed by atoms with Gasteiger partial charge in [-0.1, -0.05) is 18.2 Å². The second-order valence-corrected chi connectivity index (χ2v) is 8.62. The van der Waals surface area contributed by atoms with Crippen LogP contribution in [0.2, 0.25) is 0 Å². The standard InChI is InChI=1S/C24H23FN4O4/c1-24(2,3)33-23(32)27-13-19-20(14-27)29(22(31)16-7-5-4-6-8-16)26-21(19)28(15-30)18-11-9-17(25)10-12-18/h4-12,15H,13-14H2,1-3H3. The van der Waals surface area contributed by atoms with E-state index in [0.29, 0.717) is 28.9 Å². The zero-order valence-electron chi connectivity index (χ0n) is 18.5. The van der Waals surface area contributed by atoms with Crippen LogP contribution in [0.15, 0.2) is 54.6 Å². The fraction of sp³-hybridized carbons (Fsp3) is 0.250. The van der Waals surface area contributed by atoms with Crippen molar-refractivity contribution in [1.82, 2.24) is 14.7 Å². The Morgan fingerprint density at radius 3 is 2.33 bits per heavy atom. The summed E-state index contributed by atoms with van der Waals surface area (Å²) >= 11 is 0. The summed E-state index contributed by atoms with van der Waals surface area (Å²) < 4.78 is 20.1. The van der Waals surface area contributed by atoms with Gasteiger partial charge in [0.1, 0.15) is 11.4 Å². The van der Waals surface area contributed by atoms with Gasteiger partial charge < -0.3 is 4.74 Å². The van der Waals surface area contributed by atoms with E-state index in [0.717, 1.165) is 0 Å². The van der Waals surface area contributed by atoms with Crippen molar-refractivity contribution in [1.29, 1.82) is 0 Å². The minimum Gasteiger partial charge on any atom is -0.444 e. The van der Waals surface area contributed by atoms with Crippen molar-refractivity contribution in [3.63, 3.8) is 0 Å². The molecule has 0 N–H and O–H groups in total. The van der Waals surface area contributed by atoms with Crippen molar-refractivity contribution < 1.29 is 23.5 Å². The predicted octanol–water partition coefficient (Wildman–Crippen LogP) is 4.26. The summed E-state index contributed by atoms with van der Waals surface area (Å²) in [7, 11) is 0. The smallest absolute Gasteiger partial charge is 0.410 e. The molecule has 4 rings (SSSR count). The first-order valence-electron chi connectivity index (χ1n) is 10.4. The number of carbonyl (C=O) groups excluding carboxylic acids is 3.